The van der Waals surface area contributed by atoms with E-state index in [4.69, 9.17) is 12.2 Å². The van der Waals surface area contributed by atoms with Crippen LogP contribution in [0.5, 0.6) is 0 Å². The Hall–Kier alpha value is -0.430. The van der Waals surface area contributed by atoms with Crippen molar-refractivity contribution in [2.45, 2.75) is 26.3 Å². The van der Waals surface area contributed by atoms with Crippen molar-refractivity contribution in [2.24, 2.45) is 0 Å². The van der Waals surface area contributed by atoms with Crippen molar-refractivity contribution in [1.82, 2.24) is 9.55 Å². The van der Waals surface area contributed by atoms with Crippen LogP contribution in [-0.4, -0.2) is 9.55 Å². The Bertz CT molecular complexity index is 587. The number of aromatic amines is 1. The SMILES string of the molecule is CCC(C)n1c(=S)[nH]c2cc(I)c(F)cc21. The minimum Gasteiger partial charge on any atom is -0.331 e. The first-order valence-corrected chi connectivity index (χ1v) is 6.62. The minimum atomic E-state index is -0.195. The Kier molecular flexibility index (Phi) is 3.34. The molecule has 1 unspecified atom stereocenters. The van der Waals surface area contributed by atoms with Gasteiger partial charge in [0.2, 0.25) is 0 Å². The molecular formula is C11H12FIN2S. The molecule has 0 amide bonds. The van der Waals surface area contributed by atoms with Gasteiger partial charge in [0.1, 0.15) is 5.82 Å². The summed E-state index contributed by atoms with van der Waals surface area (Å²) in [6.07, 6.45) is 0.967. The molecule has 2 nitrogen and oxygen atoms in total. The largest absolute Gasteiger partial charge is 0.331 e. The molecule has 1 heterocycles. The summed E-state index contributed by atoms with van der Waals surface area (Å²) in [5, 5.41) is 0. The molecular weight excluding hydrogens is 338 g/mol. The molecule has 1 atom stereocenters. The lowest BCUT2D eigenvalue weighted by Gasteiger charge is -2.11. The number of nitrogens with zero attached hydrogens (tertiary/aromatic N) is 1. The molecule has 0 spiro atoms. The highest BCUT2D eigenvalue weighted by Crippen LogP contribution is 2.24. The normalized spacial score (nSPS) is 13.2. The lowest BCUT2D eigenvalue weighted by molar-refractivity contribution is 0.537. The van der Waals surface area contributed by atoms with E-state index in [1.807, 2.05) is 27.2 Å². The van der Waals surface area contributed by atoms with E-state index in [0.29, 0.717) is 8.34 Å². The van der Waals surface area contributed by atoms with Crippen LogP contribution in [0.25, 0.3) is 11.0 Å². The lowest BCUT2D eigenvalue weighted by atomic mass is 10.2. The molecule has 16 heavy (non-hydrogen) atoms. The molecule has 0 radical (unpaired) electrons. The molecule has 1 aromatic carbocycles. The smallest absolute Gasteiger partial charge is 0.178 e. The second-order valence-electron chi connectivity index (χ2n) is 3.84. The van der Waals surface area contributed by atoms with Crippen molar-refractivity contribution in [3.63, 3.8) is 0 Å². The first kappa shape index (κ1) is 12.0. The standard InChI is InChI=1S/C11H12FIN2S/c1-3-6(2)15-10-4-7(12)8(13)5-9(10)14-11(15)16/h4-6H,3H2,1-2H3,(H,14,16). The van der Waals surface area contributed by atoms with Crippen LogP contribution in [0.3, 0.4) is 0 Å². The molecule has 0 aliphatic carbocycles. The first-order chi connectivity index (χ1) is 7.54. The second-order valence-corrected chi connectivity index (χ2v) is 5.39. The van der Waals surface area contributed by atoms with Crippen LogP contribution in [0.15, 0.2) is 12.1 Å². The highest BCUT2D eigenvalue weighted by atomic mass is 127. The maximum absolute atomic E-state index is 13.5. The number of fused-ring (bicyclic) bond motifs is 1. The fourth-order valence-electron chi connectivity index (χ4n) is 1.74. The maximum atomic E-state index is 13.5. The van der Waals surface area contributed by atoms with E-state index in [1.54, 1.807) is 12.1 Å². The van der Waals surface area contributed by atoms with E-state index in [2.05, 4.69) is 18.8 Å². The topological polar surface area (TPSA) is 20.7 Å². The number of aromatic nitrogens is 2. The summed E-state index contributed by atoms with van der Waals surface area (Å²) >= 11 is 7.25. The Morgan fingerprint density at radius 1 is 1.56 bits per heavy atom. The van der Waals surface area contributed by atoms with Gasteiger partial charge in [-0.25, -0.2) is 4.39 Å². The fraction of sp³-hybridized carbons (Fsp3) is 0.364. The second kappa shape index (κ2) is 4.44. The molecule has 0 aliphatic rings. The molecule has 0 saturated heterocycles. The van der Waals surface area contributed by atoms with Gasteiger partial charge in [0, 0.05) is 12.1 Å². The van der Waals surface area contributed by atoms with Crippen LogP contribution < -0.4 is 0 Å². The molecule has 5 heteroatoms. The predicted octanol–water partition coefficient (Wildman–Crippen LogP) is 4.41. The van der Waals surface area contributed by atoms with Crippen LogP contribution in [0, 0.1) is 14.2 Å². The Labute approximate surface area is 112 Å². The number of rotatable bonds is 2. The summed E-state index contributed by atoms with van der Waals surface area (Å²) in [4.78, 5) is 3.12. The number of nitrogens with one attached hydrogen (secondary N) is 1. The Morgan fingerprint density at radius 3 is 2.88 bits per heavy atom. The number of hydrogen-bond donors (Lipinski definition) is 1. The number of H-pyrrole nitrogens is 1. The zero-order valence-electron chi connectivity index (χ0n) is 9.05. The van der Waals surface area contributed by atoms with Crippen LogP contribution in [0.1, 0.15) is 26.3 Å². The molecule has 0 fully saturated rings. The van der Waals surface area contributed by atoms with E-state index in [1.165, 1.54) is 0 Å². The van der Waals surface area contributed by atoms with Crippen LogP contribution in [0.4, 0.5) is 4.39 Å². The first-order valence-electron chi connectivity index (χ1n) is 5.13. The van der Waals surface area contributed by atoms with Crippen molar-refractivity contribution in [1.29, 1.82) is 0 Å². The summed E-state index contributed by atoms with van der Waals surface area (Å²) in [7, 11) is 0. The molecule has 0 bridgehead atoms. The monoisotopic (exact) mass is 350 g/mol. The van der Waals surface area contributed by atoms with Crippen molar-refractivity contribution < 1.29 is 4.39 Å². The van der Waals surface area contributed by atoms with Gasteiger partial charge in [0.25, 0.3) is 0 Å². The average Bonchev–Trinajstić information content (AvgIpc) is 2.54. The van der Waals surface area contributed by atoms with Gasteiger partial charge in [-0.2, -0.15) is 0 Å². The number of halogens is 2. The molecule has 2 aromatic rings. The van der Waals surface area contributed by atoms with Gasteiger partial charge in [0.05, 0.1) is 14.6 Å². The lowest BCUT2D eigenvalue weighted by Crippen LogP contribution is -2.03. The van der Waals surface area contributed by atoms with Crippen LogP contribution >= 0.6 is 34.8 Å². The van der Waals surface area contributed by atoms with Crippen molar-refractivity contribution in [3.8, 4) is 0 Å². The van der Waals surface area contributed by atoms with E-state index >= 15 is 0 Å². The predicted molar refractivity (Wildman–Crippen MR) is 74.8 cm³/mol. The van der Waals surface area contributed by atoms with Crippen molar-refractivity contribution in [3.05, 3.63) is 26.3 Å². The number of benzene rings is 1. The van der Waals surface area contributed by atoms with Gasteiger partial charge in [-0.1, -0.05) is 6.92 Å². The maximum Gasteiger partial charge on any atom is 0.178 e. The Balaban J connectivity index is 2.79. The quantitative estimate of drug-likeness (QED) is 0.628. The molecule has 1 N–H and O–H groups in total. The van der Waals surface area contributed by atoms with Gasteiger partial charge in [-0.3, -0.25) is 0 Å². The van der Waals surface area contributed by atoms with Gasteiger partial charge < -0.3 is 9.55 Å². The number of imidazole rings is 1. The van der Waals surface area contributed by atoms with Gasteiger partial charge >= 0.3 is 0 Å². The van der Waals surface area contributed by atoms with E-state index in [-0.39, 0.29) is 11.9 Å². The summed E-state index contributed by atoms with van der Waals surface area (Å²) in [5.41, 5.74) is 1.74. The summed E-state index contributed by atoms with van der Waals surface area (Å²) in [5.74, 6) is -0.195. The zero-order valence-corrected chi connectivity index (χ0v) is 12.0. The Morgan fingerprint density at radius 2 is 2.25 bits per heavy atom. The van der Waals surface area contributed by atoms with Crippen LogP contribution in [0.2, 0.25) is 0 Å². The third-order valence-electron chi connectivity index (χ3n) is 2.79. The zero-order chi connectivity index (χ0) is 11.9. The molecule has 0 aliphatic heterocycles. The summed E-state index contributed by atoms with van der Waals surface area (Å²) in [6.45, 7) is 4.17. The molecule has 86 valence electrons. The molecule has 1 aromatic heterocycles. The highest BCUT2D eigenvalue weighted by Gasteiger charge is 2.12. The fourth-order valence-corrected chi connectivity index (χ4v) is 2.60. The summed E-state index contributed by atoms with van der Waals surface area (Å²) < 4.78 is 16.8. The third kappa shape index (κ3) is 1.90. The van der Waals surface area contributed by atoms with E-state index in [0.717, 1.165) is 17.5 Å². The summed E-state index contributed by atoms with van der Waals surface area (Å²) in [6, 6.07) is 3.62. The van der Waals surface area contributed by atoms with Crippen molar-refractivity contribution >= 4 is 45.8 Å². The third-order valence-corrected chi connectivity index (χ3v) is 3.92. The highest BCUT2D eigenvalue weighted by molar-refractivity contribution is 14.1. The minimum absolute atomic E-state index is 0.195. The van der Waals surface area contributed by atoms with Gasteiger partial charge in [0.15, 0.2) is 4.77 Å². The van der Waals surface area contributed by atoms with Gasteiger partial charge in [-0.05, 0) is 54.2 Å². The molecule has 2 rings (SSSR count). The molecule has 0 saturated carbocycles. The van der Waals surface area contributed by atoms with E-state index in [9.17, 15) is 4.39 Å². The van der Waals surface area contributed by atoms with Crippen molar-refractivity contribution in [2.75, 3.05) is 0 Å². The number of hydrogen-bond acceptors (Lipinski definition) is 1. The van der Waals surface area contributed by atoms with E-state index < -0.39 is 0 Å². The van der Waals surface area contributed by atoms with Crippen LogP contribution in [-0.2, 0) is 0 Å². The average molecular weight is 350 g/mol. The van der Waals surface area contributed by atoms with Gasteiger partial charge in [-0.15, -0.1) is 0 Å².